The van der Waals surface area contributed by atoms with Crippen molar-refractivity contribution in [2.24, 2.45) is 11.8 Å². The summed E-state index contributed by atoms with van der Waals surface area (Å²) >= 11 is 0. The van der Waals surface area contributed by atoms with Crippen LogP contribution in [-0.4, -0.2) is 8.42 Å². The van der Waals surface area contributed by atoms with Crippen molar-refractivity contribution in [3.63, 3.8) is 0 Å². The maximum absolute atomic E-state index is 11.3. The van der Waals surface area contributed by atoms with Crippen molar-refractivity contribution >= 4 is 9.84 Å². The number of fused-ring (bicyclic) bond motifs is 4. The molecule has 0 bridgehead atoms. The molecule has 0 radical (unpaired) electrons. The Morgan fingerprint density at radius 2 is 1.46 bits per heavy atom. The Morgan fingerprint density at radius 1 is 1.00 bits per heavy atom. The highest BCUT2D eigenvalue weighted by Gasteiger charge is 2.45. The monoisotopic (exact) mass is 196 g/mol. The number of allylic oxidation sites excluding steroid dienone is 2. The zero-order valence-corrected chi connectivity index (χ0v) is 8.18. The van der Waals surface area contributed by atoms with Crippen LogP contribution in [0.4, 0.5) is 0 Å². The smallest absolute Gasteiger partial charge is 0.193 e. The van der Waals surface area contributed by atoms with Crippen LogP contribution in [0.1, 0.15) is 25.7 Å². The van der Waals surface area contributed by atoms with Gasteiger partial charge in [-0.05, 0) is 35.8 Å². The second-order valence-corrected chi connectivity index (χ2v) is 5.88. The van der Waals surface area contributed by atoms with Gasteiger partial charge in [-0.2, -0.15) is 0 Å². The van der Waals surface area contributed by atoms with Crippen LogP contribution in [-0.2, 0) is 9.84 Å². The zero-order chi connectivity index (χ0) is 9.05. The minimum Gasteiger partial charge on any atom is -0.220 e. The largest absolute Gasteiger partial charge is 0.220 e. The zero-order valence-electron chi connectivity index (χ0n) is 7.36. The third kappa shape index (κ3) is 0.966. The summed E-state index contributed by atoms with van der Waals surface area (Å²) in [5, 5.41) is 2.96. The van der Waals surface area contributed by atoms with Crippen LogP contribution in [0.2, 0.25) is 0 Å². The quantitative estimate of drug-likeness (QED) is 0.594. The van der Waals surface area contributed by atoms with Crippen LogP contribution in [0.3, 0.4) is 0 Å². The molecule has 2 unspecified atom stereocenters. The Balaban J connectivity index is 2.05. The summed E-state index contributed by atoms with van der Waals surface area (Å²) in [4.78, 5) is 0. The molecule has 0 aromatic heterocycles. The Morgan fingerprint density at radius 3 is 1.92 bits per heavy atom. The molecule has 3 rings (SSSR count). The standard InChI is InChI=1S/C10H12O2S/c11-13(12)5-9-7-3-1-2-4-8(7)10(9)6-13/h5-8H,1-4H2. The molecule has 2 saturated carbocycles. The molecule has 2 nitrogen and oxygen atoms in total. The van der Waals surface area contributed by atoms with Crippen LogP contribution in [0.15, 0.2) is 22.0 Å². The van der Waals surface area contributed by atoms with Gasteiger partial charge in [0.1, 0.15) is 0 Å². The third-order valence-corrected chi connectivity index (χ3v) is 4.65. The molecule has 1 heterocycles. The summed E-state index contributed by atoms with van der Waals surface area (Å²) in [6.45, 7) is 0. The van der Waals surface area contributed by atoms with E-state index in [1.165, 1.54) is 36.5 Å². The highest BCUT2D eigenvalue weighted by atomic mass is 32.2. The number of hydrogen-bond donors (Lipinski definition) is 0. The van der Waals surface area contributed by atoms with Gasteiger partial charge in [-0.15, -0.1) is 0 Å². The van der Waals surface area contributed by atoms with E-state index in [0.29, 0.717) is 11.8 Å². The Kier molecular flexibility index (Phi) is 1.36. The fraction of sp³-hybridized carbons (Fsp3) is 0.600. The topological polar surface area (TPSA) is 34.1 Å². The second-order valence-electron chi connectivity index (χ2n) is 4.23. The maximum atomic E-state index is 11.3. The minimum atomic E-state index is -2.96. The van der Waals surface area contributed by atoms with Crippen LogP contribution in [0.25, 0.3) is 0 Å². The molecule has 0 aromatic rings. The lowest BCUT2D eigenvalue weighted by Gasteiger charge is -2.44. The molecule has 2 fully saturated rings. The third-order valence-electron chi connectivity index (χ3n) is 3.48. The van der Waals surface area contributed by atoms with Crippen LogP contribution < -0.4 is 0 Å². The first-order chi connectivity index (χ1) is 6.17. The van der Waals surface area contributed by atoms with Gasteiger partial charge in [0.05, 0.1) is 0 Å². The molecule has 13 heavy (non-hydrogen) atoms. The molecule has 0 saturated heterocycles. The van der Waals surface area contributed by atoms with E-state index in [1.807, 2.05) is 0 Å². The van der Waals surface area contributed by atoms with Crippen molar-refractivity contribution < 1.29 is 8.42 Å². The normalized spacial score (nSPS) is 39.7. The molecule has 0 N–H and O–H groups in total. The van der Waals surface area contributed by atoms with E-state index in [4.69, 9.17) is 0 Å². The highest BCUT2D eigenvalue weighted by molar-refractivity contribution is 7.97. The average molecular weight is 196 g/mol. The van der Waals surface area contributed by atoms with Gasteiger partial charge in [-0.25, -0.2) is 8.42 Å². The van der Waals surface area contributed by atoms with Crippen molar-refractivity contribution in [2.75, 3.05) is 0 Å². The fourth-order valence-corrected chi connectivity index (χ4v) is 4.30. The summed E-state index contributed by atoms with van der Waals surface area (Å²) in [6, 6.07) is 0. The molecule has 2 aliphatic carbocycles. The summed E-state index contributed by atoms with van der Waals surface area (Å²) in [5.74, 6) is 1.16. The first-order valence-corrected chi connectivity index (χ1v) is 6.47. The molecule has 0 aromatic carbocycles. The van der Waals surface area contributed by atoms with Crippen molar-refractivity contribution in [3.05, 3.63) is 22.0 Å². The minimum absolute atomic E-state index is 0.581. The van der Waals surface area contributed by atoms with Crippen molar-refractivity contribution in [1.29, 1.82) is 0 Å². The lowest BCUT2D eigenvalue weighted by atomic mass is 9.60. The SMILES string of the molecule is O=S1(=O)C=C2C(=C1)C1CCCCC21. The molecule has 2 atom stereocenters. The maximum Gasteiger partial charge on any atom is 0.193 e. The van der Waals surface area contributed by atoms with Gasteiger partial charge < -0.3 is 0 Å². The van der Waals surface area contributed by atoms with E-state index in [2.05, 4.69) is 0 Å². The van der Waals surface area contributed by atoms with Crippen LogP contribution in [0, 0.1) is 11.8 Å². The van der Waals surface area contributed by atoms with E-state index < -0.39 is 9.84 Å². The van der Waals surface area contributed by atoms with Crippen LogP contribution >= 0.6 is 0 Å². The molecule has 3 aliphatic rings. The summed E-state index contributed by atoms with van der Waals surface area (Å²) in [5.41, 5.74) is 2.26. The molecule has 70 valence electrons. The van der Waals surface area contributed by atoms with E-state index in [-0.39, 0.29) is 0 Å². The predicted octanol–water partition coefficient (Wildman–Crippen LogP) is 2.00. The summed E-state index contributed by atoms with van der Waals surface area (Å²) in [6.07, 6.45) is 4.93. The predicted molar refractivity (Wildman–Crippen MR) is 50.5 cm³/mol. The first-order valence-electron chi connectivity index (χ1n) is 4.86. The molecular weight excluding hydrogens is 184 g/mol. The van der Waals surface area contributed by atoms with Crippen molar-refractivity contribution in [1.82, 2.24) is 0 Å². The summed E-state index contributed by atoms with van der Waals surface area (Å²) < 4.78 is 22.6. The van der Waals surface area contributed by atoms with E-state index in [9.17, 15) is 8.42 Å². The van der Waals surface area contributed by atoms with E-state index in [1.54, 1.807) is 0 Å². The van der Waals surface area contributed by atoms with Gasteiger partial charge in [-0.1, -0.05) is 12.8 Å². The Labute approximate surface area is 78.3 Å². The van der Waals surface area contributed by atoms with E-state index >= 15 is 0 Å². The molecular formula is C10H12O2S. The van der Waals surface area contributed by atoms with Gasteiger partial charge in [0.2, 0.25) is 0 Å². The fourth-order valence-electron chi connectivity index (χ4n) is 2.91. The highest BCUT2D eigenvalue weighted by Crippen LogP contribution is 2.55. The van der Waals surface area contributed by atoms with Gasteiger partial charge >= 0.3 is 0 Å². The van der Waals surface area contributed by atoms with E-state index in [0.717, 1.165) is 11.1 Å². The molecule has 0 spiro atoms. The van der Waals surface area contributed by atoms with Gasteiger partial charge in [0, 0.05) is 10.8 Å². The van der Waals surface area contributed by atoms with Gasteiger partial charge in [-0.3, -0.25) is 0 Å². The van der Waals surface area contributed by atoms with Gasteiger partial charge in [0.25, 0.3) is 0 Å². The lowest BCUT2D eigenvalue weighted by Crippen LogP contribution is -2.33. The Hall–Kier alpha value is -0.570. The first kappa shape index (κ1) is 7.80. The molecule has 1 aliphatic heterocycles. The number of rotatable bonds is 0. The average Bonchev–Trinajstić information content (AvgIpc) is 2.37. The van der Waals surface area contributed by atoms with Crippen molar-refractivity contribution in [3.8, 4) is 0 Å². The lowest BCUT2D eigenvalue weighted by molar-refractivity contribution is 0.262. The molecule has 0 amide bonds. The number of sulfone groups is 1. The number of hydrogen-bond acceptors (Lipinski definition) is 2. The Bertz CT molecular complexity index is 380. The van der Waals surface area contributed by atoms with Gasteiger partial charge in [0.15, 0.2) is 9.84 Å². The van der Waals surface area contributed by atoms with Crippen LogP contribution in [0.5, 0.6) is 0 Å². The summed E-state index contributed by atoms with van der Waals surface area (Å²) in [7, 11) is -2.96. The molecule has 3 heteroatoms. The second kappa shape index (κ2) is 2.27. The van der Waals surface area contributed by atoms with Crippen molar-refractivity contribution in [2.45, 2.75) is 25.7 Å².